The highest BCUT2D eigenvalue weighted by molar-refractivity contribution is 5.44. The van der Waals surface area contributed by atoms with E-state index in [9.17, 15) is 0 Å². The molecule has 1 aromatic heterocycles. The van der Waals surface area contributed by atoms with Gasteiger partial charge < -0.3 is 15.2 Å². The van der Waals surface area contributed by atoms with Gasteiger partial charge in [0.05, 0.1) is 20.3 Å². The molecular formula is C14H20N4O2. The van der Waals surface area contributed by atoms with Gasteiger partial charge in [0.2, 0.25) is 0 Å². The van der Waals surface area contributed by atoms with Gasteiger partial charge in [-0.25, -0.2) is 4.98 Å². The molecule has 3 N–H and O–H groups in total. The smallest absolute Gasteiger partial charge is 0.161 e. The van der Waals surface area contributed by atoms with E-state index in [1.807, 2.05) is 32.0 Å². The maximum atomic E-state index is 6.21. The lowest BCUT2D eigenvalue weighted by molar-refractivity contribution is 0.354. The van der Waals surface area contributed by atoms with Crippen molar-refractivity contribution in [2.45, 2.75) is 25.8 Å². The van der Waals surface area contributed by atoms with E-state index in [4.69, 9.17) is 15.2 Å². The molecule has 0 aliphatic rings. The maximum Gasteiger partial charge on any atom is 0.161 e. The van der Waals surface area contributed by atoms with Crippen LogP contribution in [0.1, 0.15) is 43.0 Å². The lowest BCUT2D eigenvalue weighted by Crippen LogP contribution is -2.14. The van der Waals surface area contributed by atoms with Crippen LogP contribution >= 0.6 is 0 Å². The van der Waals surface area contributed by atoms with Crippen molar-refractivity contribution in [2.75, 3.05) is 14.2 Å². The first-order valence-electron chi connectivity index (χ1n) is 6.46. The molecule has 20 heavy (non-hydrogen) atoms. The lowest BCUT2D eigenvalue weighted by Gasteiger charge is -2.13. The zero-order valence-corrected chi connectivity index (χ0v) is 12.2. The van der Waals surface area contributed by atoms with Gasteiger partial charge in [-0.1, -0.05) is 19.9 Å². The molecule has 2 rings (SSSR count). The lowest BCUT2D eigenvalue weighted by atomic mass is 10.1. The van der Waals surface area contributed by atoms with Crippen LogP contribution in [0.4, 0.5) is 0 Å². The van der Waals surface area contributed by atoms with Crippen LogP contribution < -0.4 is 15.2 Å². The van der Waals surface area contributed by atoms with Crippen LogP contribution in [0.25, 0.3) is 0 Å². The number of hydrogen-bond donors (Lipinski definition) is 2. The van der Waals surface area contributed by atoms with Crippen molar-refractivity contribution in [1.29, 1.82) is 0 Å². The van der Waals surface area contributed by atoms with E-state index >= 15 is 0 Å². The highest BCUT2D eigenvalue weighted by Crippen LogP contribution is 2.30. The van der Waals surface area contributed by atoms with Crippen LogP contribution in [0.2, 0.25) is 0 Å². The van der Waals surface area contributed by atoms with Gasteiger partial charge in [0.25, 0.3) is 0 Å². The molecule has 2 aromatic rings. The summed E-state index contributed by atoms with van der Waals surface area (Å²) in [4.78, 5) is 4.42. The van der Waals surface area contributed by atoms with Crippen LogP contribution in [0.5, 0.6) is 11.5 Å². The van der Waals surface area contributed by atoms with Gasteiger partial charge in [0, 0.05) is 5.92 Å². The van der Waals surface area contributed by atoms with Crippen molar-refractivity contribution in [3.63, 3.8) is 0 Å². The van der Waals surface area contributed by atoms with E-state index in [1.54, 1.807) is 14.2 Å². The molecular weight excluding hydrogens is 256 g/mol. The number of nitrogens with zero attached hydrogens (tertiary/aromatic N) is 2. The number of rotatable bonds is 5. The third-order valence-corrected chi connectivity index (χ3v) is 3.10. The Morgan fingerprint density at radius 1 is 1.15 bits per heavy atom. The molecule has 6 nitrogen and oxygen atoms in total. The number of ether oxygens (including phenoxy) is 2. The number of methoxy groups -OCH3 is 2. The van der Waals surface area contributed by atoms with E-state index in [1.165, 1.54) is 0 Å². The number of hydrogen-bond acceptors (Lipinski definition) is 5. The average Bonchev–Trinajstić information content (AvgIpc) is 2.95. The van der Waals surface area contributed by atoms with Gasteiger partial charge in [0.1, 0.15) is 5.82 Å². The summed E-state index contributed by atoms with van der Waals surface area (Å²) < 4.78 is 10.5. The first-order chi connectivity index (χ1) is 9.56. The quantitative estimate of drug-likeness (QED) is 0.872. The van der Waals surface area contributed by atoms with Crippen LogP contribution in [-0.4, -0.2) is 29.4 Å². The molecule has 0 fully saturated rings. The summed E-state index contributed by atoms with van der Waals surface area (Å²) in [6.45, 7) is 4.07. The standard InChI is InChI=1S/C14H20N4O2/c1-8(2)13-16-14(18-17-13)12(15)9-5-6-10(19-3)11(7-9)20-4/h5-8,12H,15H2,1-4H3,(H,16,17,18)/t12-/m1/s1. The van der Waals surface area contributed by atoms with Gasteiger partial charge in [-0.05, 0) is 17.7 Å². The molecule has 0 bridgehead atoms. The average molecular weight is 276 g/mol. The van der Waals surface area contributed by atoms with Crippen LogP contribution in [0.15, 0.2) is 18.2 Å². The van der Waals surface area contributed by atoms with Crippen LogP contribution in [-0.2, 0) is 0 Å². The van der Waals surface area contributed by atoms with Gasteiger partial charge in [0.15, 0.2) is 17.3 Å². The van der Waals surface area contributed by atoms with Gasteiger partial charge >= 0.3 is 0 Å². The van der Waals surface area contributed by atoms with Crippen molar-refractivity contribution in [1.82, 2.24) is 15.2 Å². The number of nitrogens with one attached hydrogen (secondary N) is 1. The van der Waals surface area contributed by atoms with Crippen molar-refractivity contribution < 1.29 is 9.47 Å². The summed E-state index contributed by atoms with van der Waals surface area (Å²) in [5.41, 5.74) is 7.10. The molecule has 0 unspecified atom stereocenters. The Bertz CT molecular complexity index is 580. The summed E-state index contributed by atoms with van der Waals surface area (Å²) in [6.07, 6.45) is 0. The monoisotopic (exact) mass is 276 g/mol. The predicted octanol–water partition coefficient (Wildman–Crippen LogP) is 1.99. The van der Waals surface area contributed by atoms with Crippen LogP contribution in [0.3, 0.4) is 0 Å². The van der Waals surface area contributed by atoms with Crippen molar-refractivity contribution >= 4 is 0 Å². The van der Waals surface area contributed by atoms with E-state index in [0.29, 0.717) is 17.3 Å². The molecule has 108 valence electrons. The molecule has 0 amide bonds. The summed E-state index contributed by atoms with van der Waals surface area (Å²) in [5.74, 6) is 2.97. The molecule has 0 saturated carbocycles. The van der Waals surface area contributed by atoms with E-state index in [-0.39, 0.29) is 12.0 Å². The highest BCUT2D eigenvalue weighted by atomic mass is 16.5. The molecule has 0 aliphatic carbocycles. The number of benzene rings is 1. The first kappa shape index (κ1) is 14.3. The second-order valence-corrected chi connectivity index (χ2v) is 4.83. The zero-order chi connectivity index (χ0) is 14.7. The fourth-order valence-electron chi connectivity index (χ4n) is 1.89. The van der Waals surface area contributed by atoms with Gasteiger partial charge in [-0.2, -0.15) is 5.10 Å². The number of aromatic nitrogens is 3. The third-order valence-electron chi connectivity index (χ3n) is 3.10. The van der Waals surface area contributed by atoms with Gasteiger partial charge in [-0.15, -0.1) is 0 Å². The predicted molar refractivity (Wildman–Crippen MR) is 76.0 cm³/mol. The Hall–Kier alpha value is -2.08. The first-order valence-corrected chi connectivity index (χ1v) is 6.46. The summed E-state index contributed by atoms with van der Waals surface area (Å²) in [7, 11) is 3.20. The molecule has 6 heteroatoms. The Morgan fingerprint density at radius 2 is 1.85 bits per heavy atom. The minimum absolute atomic E-state index is 0.262. The number of aromatic amines is 1. The topological polar surface area (TPSA) is 86.0 Å². The van der Waals surface area contributed by atoms with Crippen molar-refractivity contribution in [2.24, 2.45) is 5.73 Å². The number of nitrogens with two attached hydrogens (primary N) is 1. The number of H-pyrrole nitrogens is 1. The minimum atomic E-state index is -0.380. The molecule has 0 spiro atoms. The van der Waals surface area contributed by atoms with E-state index < -0.39 is 0 Å². The van der Waals surface area contributed by atoms with Crippen LogP contribution in [0, 0.1) is 0 Å². The summed E-state index contributed by atoms with van der Waals surface area (Å²) in [5, 5.41) is 7.06. The largest absolute Gasteiger partial charge is 0.493 e. The molecule has 0 radical (unpaired) electrons. The van der Waals surface area contributed by atoms with E-state index in [0.717, 1.165) is 11.4 Å². The SMILES string of the molecule is COc1ccc([C@@H](N)c2nc(C(C)C)n[nH]2)cc1OC. The highest BCUT2D eigenvalue weighted by Gasteiger charge is 2.17. The molecule has 1 aromatic carbocycles. The molecule has 0 saturated heterocycles. The molecule has 1 heterocycles. The Morgan fingerprint density at radius 3 is 2.40 bits per heavy atom. The fraction of sp³-hybridized carbons (Fsp3) is 0.429. The van der Waals surface area contributed by atoms with Crippen molar-refractivity contribution in [3.05, 3.63) is 35.4 Å². The zero-order valence-electron chi connectivity index (χ0n) is 12.2. The second-order valence-electron chi connectivity index (χ2n) is 4.83. The second kappa shape index (κ2) is 5.92. The fourth-order valence-corrected chi connectivity index (χ4v) is 1.89. The Balaban J connectivity index is 2.30. The minimum Gasteiger partial charge on any atom is -0.493 e. The summed E-state index contributed by atoms with van der Waals surface area (Å²) in [6, 6.07) is 5.19. The normalized spacial score (nSPS) is 12.5. The Kier molecular flexibility index (Phi) is 4.24. The van der Waals surface area contributed by atoms with Crippen molar-refractivity contribution in [3.8, 4) is 11.5 Å². The Labute approximate surface area is 118 Å². The summed E-state index contributed by atoms with van der Waals surface area (Å²) >= 11 is 0. The van der Waals surface area contributed by atoms with E-state index in [2.05, 4.69) is 15.2 Å². The maximum absolute atomic E-state index is 6.21. The van der Waals surface area contributed by atoms with Gasteiger partial charge in [-0.3, -0.25) is 5.10 Å². The molecule has 1 atom stereocenters. The molecule has 0 aliphatic heterocycles. The third kappa shape index (κ3) is 2.75.